The number of hydrogen-bond acceptors (Lipinski definition) is 6. The molecule has 2 aromatic rings. The van der Waals surface area contributed by atoms with Crippen LogP contribution < -0.4 is 4.90 Å². The summed E-state index contributed by atoms with van der Waals surface area (Å²) in [6.45, 7) is 4.38. The molecule has 0 spiro atoms. The van der Waals surface area contributed by atoms with E-state index < -0.39 is 5.97 Å². The van der Waals surface area contributed by atoms with Crippen LogP contribution in [0.4, 0.5) is 5.13 Å². The molecule has 0 saturated carbocycles. The fourth-order valence-electron chi connectivity index (χ4n) is 1.50. The van der Waals surface area contributed by atoms with Gasteiger partial charge >= 0.3 is 5.97 Å². The lowest BCUT2D eigenvalue weighted by atomic mass is 10.4. The third-order valence-electron chi connectivity index (χ3n) is 2.53. The standard InChI is InChI=1S/C11H13N3O2S2/c1-6-8(17-5-12-6)4-14(3)11-13-7(2)9(18-11)10(15)16/h5H,4H2,1-3H3,(H,15,16). The van der Waals surface area contributed by atoms with Gasteiger partial charge in [-0.1, -0.05) is 11.3 Å². The molecule has 0 aliphatic carbocycles. The summed E-state index contributed by atoms with van der Waals surface area (Å²) < 4.78 is 0. The van der Waals surface area contributed by atoms with Crippen LogP contribution in [0.2, 0.25) is 0 Å². The second-order valence-corrected chi connectivity index (χ2v) is 5.85. The summed E-state index contributed by atoms with van der Waals surface area (Å²) in [5, 5.41) is 9.73. The van der Waals surface area contributed by atoms with Gasteiger partial charge in [-0.3, -0.25) is 0 Å². The van der Waals surface area contributed by atoms with Crippen molar-refractivity contribution in [2.24, 2.45) is 0 Å². The fraction of sp³-hybridized carbons (Fsp3) is 0.364. The normalized spacial score (nSPS) is 10.6. The van der Waals surface area contributed by atoms with Crippen LogP contribution in [0.25, 0.3) is 0 Å². The van der Waals surface area contributed by atoms with Crippen LogP contribution in [0.15, 0.2) is 5.51 Å². The summed E-state index contributed by atoms with van der Waals surface area (Å²) in [7, 11) is 1.91. The number of aromatic carboxylic acids is 1. The highest BCUT2D eigenvalue weighted by molar-refractivity contribution is 7.17. The van der Waals surface area contributed by atoms with Crippen molar-refractivity contribution in [3.63, 3.8) is 0 Å². The lowest BCUT2D eigenvalue weighted by molar-refractivity contribution is 0.0701. The zero-order valence-corrected chi connectivity index (χ0v) is 11.9. The van der Waals surface area contributed by atoms with Crippen LogP contribution in [0.1, 0.15) is 25.9 Å². The monoisotopic (exact) mass is 283 g/mol. The number of anilines is 1. The molecule has 0 bridgehead atoms. The van der Waals surface area contributed by atoms with Crippen molar-refractivity contribution in [2.75, 3.05) is 11.9 Å². The minimum atomic E-state index is -0.918. The molecule has 2 aromatic heterocycles. The van der Waals surface area contributed by atoms with Crippen LogP contribution in [-0.4, -0.2) is 28.1 Å². The molecular weight excluding hydrogens is 270 g/mol. The Labute approximate surface area is 113 Å². The van der Waals surface area contributed by atoms with Crippen molar-refractivity contribution < 1.29 is 9.90 Å². The molecule has 0 saturated heterocycles. The van der Waals surface area contributed by atoms with E-state index >= 15 is 0 Å². The molecule has 0 amide bonds. The first kappa shape index (κ1) is 13.0. The van der Waals surface area contributed by atoms with Gasteiger partial charge in [0.2, 0.25) is 0 Å². The van der Waals surface area contributed by atoms with E-state index in [9.17, 15) is 4.79 Å². The van der Waals surface area contributed by atoms with Gasteiger partial charge in [-0.05, 0) is 13.8 Å². The maximum Gasteiger partial charge on any atom is 0.347 e. The minimum absolute atomic E-state index is 0.304. The summed E-state index contributed by atoms with van der Waals surface area (Å²) in [4.78, 5) is 22.9. The molecular formula is C11H13N3O2S2. The van der Waals surface area contributed by atoms with Gasteiger partial charge in [-0.2, -0.15) is 0 Å². The molecule has 2 heterocycles. The Morgan fingerprint density at radius 1 is 1.44 bits per heavy atom. The molecule has 0 aliphatic rings. The van der Waals surface area contributed by atoms with Gasteiger partial charge in [0.15, 0.2) is 5.13 Å². The van der Waals surface area contributed by atoms with Gasteiger partial charge in [-0.25, -0.2) is 14.8 Å². The van der Waals surface area contributed by atoms with Gasteiger partial charge in [0.1, 0.15) is 4.88 Å². The third-order valence-corrected chi connectivity index (χ3v) is 4.71. The first-order valence-electron chi connectivity index (χ1n) is 5.30. The van der Waals surface area contributed by atoms with Crippen molar-refractivity contribution in [3.8, 4) is 0 Å². The predicted octanol–water partition coefficient (Wildman–Crippen LogP) is 2.55. The van der Waals surface area contributed by atoms with Crippen molar-refractivity contribution in [1.82, 2.24) is 9.97 Å². The number of nitrogens with zero attached hydrogens (tertiary/aromatic N) is 3. The first-order chi connectivity index (χ1) is 8.49. The molecule has 96 valence electrons. The summed E-state index contributed by atoms with van der Waals surface area (Å²) in [6, 6.07) is 0. The molecule has 18 heavy (non-hydrogen) atoms. The molecule has 0 aromatic carbocycles. The number of rotatable bonds is 4. The number of thiazole rings is 2. The Morgan fingerprint density at radius 2 is 2.17 bits per heavy atom. The smallest absolute Gasteiger partial charge is 0.347 e. The fourth-order valence-corrected chi connectivity index (χ4v) is 3.20. The Hall–Kier alpha value is -1.47. The molecule has 2 rings (SSSR count). The van der Waals surface area contributed by atoms with Crippen LogP contribution in [0, 0.1) is 13.8 Å². The number of hydrogen-bond donors (Lipinski definition) is 1. The largest absolute Gasteiger partial charge is 0.477 e. The second-order valence-electron chi connectivity index (χ2n) is 3.93. The molecule has 0 unspecified atom stereocenters. The highest BCUT2D eigenvalue weighted by atomic mass is 32.1. The van der Waals surface area contributed by atoms with Gasteiger partial charge in [0, 0.05) is 11.9 Å². The molecule has 0 radical (unpaired) electrons. The van der Waals surface area contributed by atoms with Gasteiger partial charge < -0.3 is 10.0 Å². The van der Waals surface area contributed by atoms with Crippen molar-refractivity contribution >= 4 is 33.8 Å². The van der Waals surface area contributed by atoms with Crippen molar-refractivity contribution in [2.45, 2.75) is 20.4 Å². The van der Waals surface area contributed by atoms with Crippen LogP contribution in [0.5, 0.6) is 0 Å². The van der Waals surface area contributed by atoms with Crippen LogP contribution in [0.3, 0.4) is 0 Å². The van der Waals surface area contributed by atoms with E-state index in [1.54, 1.807) is 18.3 Å². The van der Waals surface area contributed by atoms with Crippen molar-refractivity contribution in [3.05, 3.63) is 26.7 Å². The minimum Gasteiger partial charge on any atom is -0.477 e. The molecule has 1 N–H and O–H groups in total. The molecule has 0 aliphatic heterocycles. The Balaban J connectivity index is 2.19. The second kappa shape index (κ2) is 5.03. The highest BCUT2D eigenvalue weighted by Crippen LogP contribution is 2.27. The molecule has 5 nitrogen and oxygen atoms in total. The quantitative estimate of drug-likeness (QED) is 0.934. The van der Waals surface area contributed by atoms with E-state index in [1.807, 2.05) is 24.4 Å². The van der Waals surface area contributed by atoms with Gasteiger partial charge in [0.05, 0.1) is 23.4 Å². The van der Waals surface area contributed by atoms with E-state index in [2.05, 4.69) is 9.97 Å². The maximum absolute atomic E-state index is 11.0. The summed E-state index contributed by atoms with van der Waals surface area (Å²) in [5.41, 5.74) is 3.39. The van der Waals surface area contributed by atoms with Crippen LogP contribution >= 0.6 is 22.7 Å². The summed E-state index contributed by atoms with van der Waals surface area (Å²) in [5.74, 6) is -0.918. The maximum atomic E-state index is 11.0. The zero-order chi connectivity index (χ0) is 13.3. The number of carboxylic acids is 1. The number of carbonyl (C=O) groups is 1. The molecule has 7 heteroatoms. The van der Waals surface area contributed by atoms with E-state index in [-0.39, 0.29) is 0 Å². The van der Waals surface area contributed by atoms with E-state index in [1.165, 1.54) is 16.2 Å². The number of aryl methyl sites for hydroxylation is 2. The van der Waals surface area contributed by atoms with Gasteiger partial charge in [0.25, 0.3) is 0 Å². The van der Waals surface area contributed by atoms with Crippen LogP contribution in [-0.2, 0) is 6.54 Å². The average Bonchev–Trinajstić information content (AvgIpc) is 2.86. The first-order valence-corrected chi connectivity index (χ1v) is 6.99. The Morgan fingerprint density at radius 3 is 2.67 bits per heavy atom. The number of carboxylic acid groups (broad SMARTS) is 1. The highest BCUT2D eigenvalue weighted by Gasteiger charge is 2.17. The Bertz CT molecular complexity index is 577. The van der Waals surface area contributed by atoms with Gasteiger partial charge in [-0.15, -0.1) is 11.3 Å². The molecule has 0 fully saturated rings. The lowest BCUT2D eigenvalue weighted by Gasteiger charge is -2.14. The topological polar surface area (TPSA) is 66.3 Å². The van der Waals surface area contributed by atoms with E-state index in [0.717, 1.165) is 10.8 Å². The predicted molar refractivity (Wildman–Crippen MR) is 72.8 cm³/mol. The SMILES string of the molecule is Cc1ncsc1CN(C)c1nc(C)c(C(=O)O)s1. The summed E-state index contributed by atoms with van der Waals surface area (Å²) >= 11 is 2.80. The van der Waals surface area contributed by atoms with E-state index in [4.69, 9.17) is 5.11 Å². The van der Waals surface area contributed by atoms with Crippen molar-refractivity contribution in [1.29, 1.82) is 0 Å². The van der Waals surface area contributed by atoms with E-state index in [0.29, 0.717) is 17.1 Å². The lowest BCUT2D eigenvalue weighted by Crippen LogP contribution is -2.15. The number of aromatic nitrogens is 2. The third kappa shape index (κ3) is 2.51. The Kier molecular flexibility index (Phi) is 3.63. The summed E-state index contributed by atoms with van der Waals surface area (Å²) in [6.07, 6.45) is 0. The average molecular weight is 283 g/mol. The zero-order valence-electron chi connectivity index (χ0n) is 10.3. The molecule has 0 atom stereocenters.